The lowest BCUT2D eigenvalue weighted by Crippen LogP contribution is -2.50. The van der Waals surface area contributed by atoms with E-state index in [4.69, 9.17) is 4.74 Å². The molecule has 0 bridgehead atoms. The van der Waals surface area contributed by atoms with Crippen LogP contribution < -0.4 is 4.74 Å². The van der Waals surface area contributed by atoms with Crippen LogP contribution in [0.5, 0.6) is 5.75 Å². The van der Waals surface area contributed by atoms with Crippen LogP contribution in [0.25, 0.3) is 22.0 Å². The van der Waals surface area contributed by atoms with Crippen LogP contribution in [0.15, 0.2) is 48.7 Å². The number of carbonyl (C=O) groups excluding carboxylic acids is 1. The molecule has 4 rings (SSSR count). The molecular formula is C25H29N3O2. The van der Waals surface area contributed by atoms with E-state index in [1.807, 2.05) is 36.2 Å². The highest BCUT2D eigenvalue weighted by atomic mass is 16.5. The largest absolute Gasteiger partial charge is 0.481 e. The molecule has 1 atom stereocenters. The molecule has 1 aliphatic rings. The van der Waals surface area contributed by atoms with Gasteiger partial charge in [0.1, 0.15) is 5.75 Å². The number of carbonyl (C=O) groups is 1. The van der Waals surface area contributed by atoms with Crippen molar-refractivity contribution in [3.05, 3.63) is 59.8 Å². The van der Waals surface area contributed by atoms with Gasteiger partial charge in [0.15, 0.2) is 6.10 Å². The third-order valence-electron chi connectivity index (χ3n) is 5.94. The highest BCUT2D eigenvalue weighted by Crippen LogP contribution is 2.33. The Balaban J connectivity index is 1.58. The van der Waals surface area contributed by atoms with Crippen molar-refractivity contribution in [2.75, 3.05) is 33.2 Å². The molecule has 0 saturated carbocycles. The second kappa shape index (κ2) is 8.44. The standard InChI is InChI=1S/C25H29N3O2/c1-17-6-5-7-18(2)24(17)22-10-11-26-23-16-20(8-9-21(22)23)30-19(3)25(29)28-14-12-27(4)13-15-28/h5-11,16,19H,12-15H2,1-4H3. The molecule has 1 unspecified atom stereocenters. The Morgan fingerprint density at radius 2 is 1.73 bits per heavy atom. The molecule has 0 radical (unpaired) electrons. The molecule has 1 aromatic heterocycles. The van der Waals surface area contributed by atoms with Gasteiger partial charge in [-0.2, -0.15) is 0 Å². The lowest BCUT2D eigenvalue weighted by atomic mass is 9.93. The second-order valence-electron chi connectivity index (χ2n) is 8.19. The van der Waals surface area contributed by atoms with Gasteiger partial charge in [0, 0.05) is 43.8 Å². The average molecular weight is 404 g/mol. The van der Waals surface area contributed by atoms with Gasteiger partial charge < -0.3 is 14.5 Å². The van der Waals surface area contributed by atoms with Gasteiger partial charge in [-0.25, -0.2) is 0 Å². The van der Waals surface area contributed by atoms with Crippen LogP contribution in [0, 0.1) is 13.8 Å². The van der Waals surface area contributed by atoms with E-state index in [1.165, 1.54) is 22.3 Å². The number of hydrogen-bond donors (Lipinski definition) is 0. The Morgan fingerprint density at radius 3 is 2.43 bits per heavy atom. The SMILES string of the molecule is Cc1cccc(C)c1-c1ccnc2cc(OC(C)C(=O)N3CCN(C)CC3)ccc12. The van der Waals surface area contributed by atoms with E-state index >= 15 is 0 Å². The topological polar surface area (TPSA) is 45.7 Å². The minimum absolute atomic E-state index is 0.0421. The predicted molar refractivity (Wildman–Crippen MR) is 121 cm³/mol. The van der Waals surface area contributed by atoms with Crippen molar-refractivity contribution in [3.63, 3.8) is 0 Å². The number of hydrogen-bond acceptors (Lipinski definition) is 4. The summed E-state index contributed by atoms with van der Waals surface area (Å²) in [6, 6.07) is 14.3. The number of amides is 1. The summed E-state index contributed by atoms with van der Waals surface area (Å²) in [5.41, 5.74) is 5.77. The van der Waals surface area contributed by atoms with Crippen molar-refractivity contribution in [1.29, 1.82) is 0 Å². The molecule has 2 heterocycles. The number of benzene rings is 2. The minimum Gasteiger partial charge on any atom is -0.481 e. The Labute approximate surface area is 178 Å². The highest BCUT2D eigenvalue weighted by molar-refractivity contribution is 5.96. The zero-order valence-corrected chi connectivity index (χ0v) is 18.2. The monoisotopic (exact) mass is 403 g/mol. The van der Waals surface area contributed by atoms with Crippen LogP contribution in [0.1, 0.15) is 18.1 Å². The number of fused-ring (bicyclic) bond motifs is 1. The minimum atomic E-state index is -0.521. The van der Waals surface area contributed by atoms with Crippen LogP contribution in [0.4, 0.5) is 0 Å². The molecule has 0 N–H and O–H groups in total. The van der Waals surface area contributed by atoms with Gasteiger partial charge in [0.05, 0.1) is 5.52 Å². The van der Waals surface area contributed by atoms with E-state index in [2.05, 4.69) is 55.0 Å². The van der Waals surface area contributed by atoms with Crippen molar-refractivity contribution < 1.29 is 9.53 Å². The fourth-order valence-electron chi connectivity index (χ4n) is 4.20. The molecule has 1 aliphatic heterocycles. The van der Waals surface area contributed by atoms with Crippen LogP contribution in [-0.2, 0) is 4.79 Å². The third kappa shape index (κ3) is 4.03. The molecule has 0 aliphatic carbocycles. The number of aryl methyl sites for hydroxylation is 2. The first-order valence-corrected chi connectivity index (χ1v) is 10.5. The molecule has 1 saturated heterocycles. The van der Waals surface area contributed by atoms with E-state index in [1.54, 1.807) is 0 Å². The number of aromatic nitrogens is 1. The Kier molecular flexibility index (Phi) is 5.73. The summed E-state index contributed by atoms with van der Waals surface area (Å²) in [5, 5.41) is 1.08. The fourth-order valence-corrected chi connectivity index (χ4v) is 4.20. The summed E-state index contributed by atoms with van der Waals surface area (Å²) >= 11 is 0. The number of likely N-dealkylation sites (N-methyl/N-ethyl adjacent to an activating group) is 1. The number of ether oxygens (including phenoxy) is 1. The summed E-state index contributed by atoms with van der Waals surface area (Å²) in [6.45, 7) is 9.41. The summed E-state index contributed by atoms with van der Waals surface area (Å²) in [5.74, 6) is 0.712. The zero-order valence-electron chi connectivity index (χ0n) is 18.2. The van der Waals surface area contributed by atoms with Crippen molar-refractivity contribution in [1.82, 2.24) is 14.8 Å². The lowest BCUT2D eigenvalue weighted by Gasteiger charge is -2.33. The van der Waals surface area contributed by atoms with Crippen molar-refractivity contribution >= 4 is 16.8 Å². The van der Waals surface area contributed by atoms with Gasteiger partial charge in [0.2, 0.25) is 0 Å². The summed E-state index contributed by atoms with van der Waals surface area (Å²) in [6.07, 6.45) is 1.32. The van der Waals surface area contributed by atoms with Gasteiger partial charge >= 0.3 is 0 Å². The van der Waals surface area contributed by atoms with Crippen LogP contribution in [0.2, 0.25) is 0 Å². The van der Waals surface area contributed by atoms with E-state index in [9.17, 15) is 4.79 Å². The molecule has 1 fully saturated rings. The highest BCUT2D eigenvalue weighted by Gasteiger charge is 2.25. The molecule has 1 amide bonds. The molecule has 156 valence electrons. The first kappa shape index (κ1) is 20.4. The average Bonchev–Trinajstić information content (AvgIpc) is 2.73. The number of piperazine rings is 1. The van der Waals surface area contributed by atoms with Crippen LogP contribution in [0.3, 0.4) is 0 Å². The van der Waals surface area contributed by atoms with E-state index in [0.717, 1.165) is 37.1 Å². The van der Waals surface area contributed by atoms with Gasteiger partial charge in [-0.1, -0.05) is 18.2 Å². The second-order valence-corrected chi connectivity index (χ2v) is 8.19. The summed E-state index contributed by atoms with van der Waals surface area (Å²) in [4.78, 5) is 21.4. The Bertz CT molecular complexity index is 1050. The zero-order chi connectivity index (χ0) is 21.3. The molecule has 2 aromatic carbocycles. The quantitative estimate of drug-likeness (QED) is 0.659. The molecule has 3 aromatic rings. The van der Waals surface area contributed by atoms with Gasteiger partial charge in [0.25, 0.3) is 5.91 Å². The maximum Gasteiger partial charge on any atom is 0.263 e. The molecule has 5 nitrogen and oxygen atoms in total. The smallest absolute Gasteiger partial charge is 0.263 e. The number of rotatable bonds is 4. The maximum absolute atomic E-state index is 12.8. The van der Waals surface area contributed by atoms with E-state index < -0.39 is 6.10 Å². The van der Waals surface area contributed by atoms with Gasteiger partial charge in [-0.15, -0.1) is 0 Å². The first-order valence-electron chi connectivity index (χ1n) is 10.5. The normalized spacial score (nSPS) is 15.9. The summed E-state index contributed by atoms with van der Waals surface area (Å²) < 4.78 is 6.01. The maximum atomic E-state index is 12.8. The molecule has 30 heavy (non-hydrogen) atoms. The molecule has 0 spiro atoms. The van der Waals surface area contributed by atoms with Gasteiger partial charge in [-0.05, 0) is 68.3 Å². The number of nitrogens with zero attached hydrogens (tertiary/aromatic N) is 3. The number of pyridine rings is 1. The molecular weight excluding hydrogens is 374 g/mol. The van der Waals surface area contributed by atoms with Crippen molar-refractivity contribution in [2.24, 2.45) is 0 Å². The first-order chi connectivity index (χ1) is 14.4. The Morgan fingerprint density at radius 1 is 1.03 bits per heavy atom. The van der Waals surface area contributed by atoms with Crippen molar-refractivity contribution in [2.45, 2.75) is 26.9 Å². The van der Waals surface area contributed by atoms with Gasteiger partial charge in [-0.3, -0.25) is 9.78 Å². The van der Waals surface area contributed by atoms with Crippen LogP contribution >= 0.6 is 0 Å². The fraction of sp³-hybridized carbons (Fsp3) is 0.360. The van der Waals surface area contributed by atoms with Crippen LogP contribution in [-0.4, -0.2) is 60.0 Å². The predicted octanol–water partition coefficient (Wildman–Crippen LogP) is 4.06. The Hall–Kier alpha value is -2.92. The van der Waals surface area contributed by atoms with E-state index in [0.29, 0.717) is 5.75 Å². The lowest BCUT2D eigenvalue weighted by molar-refractivity contribution is -0.139. The summed E-state index contributed by atoms with van der Waals surface area (Å²) in [7, 11) is 2.08. The van der Waals surface area contributed by atoms with Crippen molar-refractivity contribution in [3.8, 4) is 16.9 Å². The third-order valence-corrected chi connectivity index (χ3v) is 5.94. The van der Waals surface area contributed by atoms with E-state index in [-0.39, 0.29) is 5.91 Å². The molecule has 5 heteroatoms.